The van der Waals surface area contributed by atoms with Crippen LogP contribution in [0.15, 0.2) is 47.4 Å². The molecule has 2 aliphatic heterocycles. The molecule has 10 heteroatoms. The highest BCUT2D eigenvalue weighted by molar-refractivity contribution is 7.89. The summed E-state index contributed by atoms with van der Waals surface area (Å²) in [5.74, 6) is -0.251. The minimum atomic E-state index is -4.00. The van der Waals surface area contributed by atoms with E-state index in [0.717, 1.165) is 28.2 Å². The number of hydrogen-bond donors (Lipinski definition) is 2. The number of aliphatic hydroxyl groups is 1. The minimum absolute atomic E-state index is 0.160. The van der Waals surface area contributed by atoms with Gasteiger partial charge in [0, 0.05) is 54.6 Å². The van der Waals surface area contributed by atoms with Gasteiger partial charge in [-0.15, -0.1) is 0 Å². The lowest BCUT2D eigenvalue weighted by atomic mass is 9.68. The Kier molecular flexibility index (Phi) is 5.85. The quantitative estimate of drug-likeness (QED) is 0.572. The van der Waals surface area contributed by atoms with Crippen molar-refractivity contribution in [2.24, 2.45) is 0 Å². The SMILES string of the molecule is COc1ccc2c3c([nH]c2c1)[C@H](CO)N(C(C)=O)CC31CCN(S(=O)(=O)c2ccccc2F)CC1. The van der Waals surface area contributed by atoms with Gasteiger partial charge in [-0.25, -0.2) is 12.8 Å². The van der Waals surface area contributed by atoms with E-state index in [4.69, 9.17) is 4.74 Å². The van der Waals surface area contributed by atoms with Crippen LogP contribution in [0, 0.1) is 5.82 Å². The number of benzene rings is 2. The number of aliphatic hydroxyl groups excluding tert-OH is 1. The highest BCUT2D eigenvalue weighted by Crippen LogP contribution is 2.49. The molecule has 0 radical (unpaired) electrons. The van der Waals surface area contributed by atoms with Crippen molar-refractivity contribution in [3.8, 4) is 5.75 Å². The number of H-pyrrole nitrogens is 1. The van der Waals surface area contributed by atoms with Crippen molar-refractivity contribution in [1.29, 1.82) is 0 Å². The first-order valence-corrected chi connectivity index (χ1v) is 13.0. The van der Waals surface area contributed by atoms with Crippen molar-refractivity contribution in [3.63, 3.8) is 0 Å². The Labute approximate surface area is 203 Å². The van der Waals surface area contributed by atoms with Gasteiger partial charge in [-0.2, -0.15) is 4.31 Å². The van der Waals surface area contributed by atoms with Crippen molar-refractivity contribution in [2.75, 3.05) is 33.4 Å². The Hall–Kier alpha value is -2.95. The predicted molar refractivity (Wildman–Crippen MR) is 128 cm³/mol. The highest BCUT2D eigenvalue weighted by Gasteiger charge is 2.49. The maximum Gasteiger partial charge on any atom is 0.245 e. The normalized spacial score (nSPS) is 20.2. The highest BCUT2D eigenvalue weighted by atomic mass is 32.2. The molecule has 1 spiro atoms. The van der Waals surface area contributed by atoms with Gasteiger partial charge in [0.05, 0.1) is 19.8 Å². The van der Waals surface area contributed by atoms with E-state index in [2.05, 4.69) is 4.98 Å². The van der Waals surface area contributed by atoms with Crippen LogP contribution in [0.2, 0.25) is 0 Å². The van der Waals surface area contributed by atoms with Crippen LogP contribution in [-0.2, 0) is 20.2 Å². The molecule has 2 aromatic carbocycles. The largest absolute Gasteiger partial charge is 0.497 e. The van der Waals surface area contributed by atoms with Crippen molar-refractivity contribution in [2.45, 2.75) is 36.1 Å². The zero-order valence-corrected chi connectivity index (χ0v) is 20.4. The lowest BCUT2D eigenvalue weighted by Gasteiger charge is -2.49. The van der Waals surface area contributed by atoms with Crippen LogP contribution in [0.1, 0.15) is 37.1 Å². The fourth-order valence-corrected chi connectivity index (χ4v) is 7.20. The number of piperidine rings is 1. The van der Waals surface area contributed by atoms with E-state index >= 15 is 0 Å². The number of fused-ring (bicyclic) bond motifs is 4. The number of amides is 1. The summed E-state index contributed by atoms with van der Waals surface area (Å²) in [5.41, 5.74) is 2.09. The van der Waals surface area contributed by atoms with Gasteiger partial charge in [0.2, 0.25) is 15.9 Å². The smallest absolute Gasteiger partial charge is 0.245 e. The van der Waals surface area contributed by atoms with Gasteiger partial charge in [-0.1, -0.05) is 12.1 Å². The minimum Gasteiger partial charge on any atom is -0.497 e. The summed E-state index contributed by atoms with van der Waals surface area (Å²) in [5, 5.41) is 11.2. The first-order valence-electron chi connectivity index (χ1n) is 11.5. The zero-order chi connectivity index (χ0) is 25.0. The Bertz CT molecular complexity index is 1400. The van der Waals surface area contributed by atoms with E-state index in [9.17, 15) is 22.7 Å². The molecule has 1 fully saturated rings. The molecule has 1 saturated heterocycles. The molecule has 5 rings (SSSR count). The van der Waals surface area contributed by atoms with E-state index in [-0.39, 0.29) is 30.5 Å². The molecule has 0 aliphatic carbocycles. The second-order valence-corrected chi connectivity index (χ2v) is 11.2. The van der Waals surface area contributed by atoms with Crippen molar-refractivity contribution < 1.29 is 27.4 Å². The average Bonchev–Trinajstić information content (AvgIpc) is 3.24. The molecule has 8 nitrogen and oxygen atoms in total. The second-order valence-electron chi connectivity index (χ2n) is 9.29. The molecule has 35 heavy (non-hydrogen) atoms. The van der Waals surface area contributed by atoms with Crippen molar-refractivity contribution in [3.05, 3.63) is 59.5 Å². The monoisotopic (exact) mass is 501 g/mol. The lowest BCUT2D eigenvalue weighted by molar-refractivity contribution is -0.134. The average molecular weight is 502 g/mol. The Morgan fingerprint density at radius 3 is 2.57 bits per heavy atom. The van der Waals surface area contributed by atoms with Crippen LogP contribution in [0.5, 0.6) is 5.75 Å². The third-order valence-electron chi connectivity index (χ3n) is 7.46. The molecule has 0 unspecified atom stereocenters. The van der Waals surface area contributed by atoms with Gasteiger partial charge in [0.25, 0.3) is 0 Å². The van der Waals surface area contributed by atoms with Gasteiger partial charge in [0.1, 0.15) is 16.5 Å². The topological polar surface area (TPSA) is 103 Å². The number of carbonyl (C=O) groups is 1. The Balaban J connectivity index is 1.57. The fraction of sp³-hybridized carbons (Fsp3) is 0.400. The summed E-state index contributed by atoms with van der Waals surface area (Å²) in [4.78, 5) is 17.3. The van der Waals surface area contributed by atoms with E-state index in [1.165, 1.54) is 29.4 Å². The standard InChI is InChI=1S/C25H28FN3O5S/c1-16(31)29-15-25(9-11-28(12-10-25)35(32,33)22-6-4-3-5-19(22)26)23-18-8-7-17(34-2)13-20(18)27-24(23)21(29)14-30/h3-8,13,21,27,30H,9-12,14-15H2,1-2H3/t21-/m0/s1. The van der Waals surface area contributed by atoms with Gasteiger partial charge in [-0.3, -0.25) is 4.79 Å². The van der Waals surface area contributed by atoms with Crippen LogP contribution in [0.25, 0.3) is 10.9 Å². The third-order valence-corrected chi connectivity index (χ3v) is 9.39. The Morgan fingerprint density at radius 2 is 1.94 bits per heavy atom. The predicted octanol–water partition coefficient (Wildman–Crippen LogP) is 2.93. The molecule has 2 aliphatic rings. The lowest BCUT2D eigenvalue weighted by Crippen LogP contribution is -2.55. The number of hydrogen-bond acceptors (Lipinski definition) is 5. The zero-order valence-electron chi connectivity index (χ0n) is 19.6. The first-order chi connectivity index (χ1) is 16.7. The van der Waals surface area contributed by atoms with Crippen LogP contribution in [-0.4, -0.2) is 67.0 Å². The van der Waals surface area contributed by atoms with E-state index in [1.807, 2.05) is 18.2 Å². The molecule has 0 bridgehead atoms. The summed E-state index contributed by atoms with van der Waals surface area (Å²) >= 11 is 0. The number of sulfonamides is 1. The molecule has 1 aromatic heterocycles. The number of nitrogens with one attached hydrogen (secondary N) is 1. The molecule has 3 aromatic rings. The number of ether oxygens (including phenoxy) is 1. The van der Waals surface area contributed by atoms with Gasteiger partial charge in [-0.05, 0) is 42.7 Å². The number of methoxy groups -OCH3 is 1. The third kappa shape index (κ3) is 3.71. The summed E-state index contributed by atoms with van der Waals surface area (Å²) in [6.07, 6.45) is 0.906. The molecule has 1 amide bonds. The second kappa shape index (κ2) is 8.61. The molecule has 2 N–H and O–H groups in total. The fourth-order valence-electron chi connectivity index (χ4n) is 5.69. The molecular weight excluding hydrogens is 473 g/mol. The molecule has 3 heterocycles. The number of nitrogens with zero attached hydrogens (tertiary/aromatic N) is 2. The van der Waals surface area contributed by atoms with Gasteiger partial charge < -0.3 is 19.7 Å². The molecule has 186 valence electrons. The van der Waals surface area contributed by atoms with Gasteiger partial charge in [0.15, 0.2) is 0 Å². The van der Waals surface area contributed by atoms with Crippen LogP contribution < -0.4 is 4.74 Å². The van der Waals surface area contributed by atoms with E-state index < -0.39 is 27.3 Å². The number of aromatic nitrogens is 1. The maximum atomic E-state index is 14.3. The van der Waals surface area contributed by atoms with E-state index in [0.29, 0.717) is 25.1 Å². The number of halogens is 1. The van der Waals surface area contributed by atoms with Crippen molar-refractivity contribution in [1.82, 2.24) is 14.2 Å². The molecular formula is C25H28FN3O5S. The molecule has 1 atom stereocenters. The van der Waals surface area contributed by atoms with Gasteiger partial charge >= 0.3 is 0 Å². The Morgan fingerprint density at radius 1 is 1.23 bits per heavy atom. The molecule has 0 saturated carbocycles. The number of carbonyl (C=O) groups excluding carboxylic acids is 1. The first kappa shape index (κ1) is 23.8. The van der Waals surface area contributed by atoms with E-state index in [1.54, 1.807) is 12.0 Å². The van der Waals surface area contributed by atoms with Crippen molar-refractivity contribution >= 4 is 26.8 Å². The number of aromatic amines is 1. The van der Waals surface area contributed by atoms with Crippen LogP contribution in [0.3, 0.4) is 0 Å². The van der Waals surface area contributed by atoms with Crippen LogP contribution in [0.4, 0.5) is 4.39 Å². The number of rotatable bonds is 4. The van der Waals surface area contributed by atoms with Crippen LogP contribution >= 0.6 is 0 Å². The summed E-state index contributed by atoms with van der Waals surface area (Å²) in [7, 11) is -2.41. The maximum absolute atomic E-state index is 14.3. The summed E-state index contributed by atoms with van der Waals surface area (Å²) in [6, 6.07) is 10.6. The summed E-state index contributed by atoms with van der Waals surface area (Å²) in [6.45, 7) is 1.99. The summed E-state index contributed by atoms with van der Waals surface area (Å²) < 4.78 is 47.4.